The molecule has 0 radical (unpaired) electrons. The van der Waals surface area contributed by atoms with Gasteiger partial charge in [0, 0.05) is 0 Å². The molecule has 0 aromatic carbocycles. The summed E-state index contributed by atoms with van der Waals surface area (Å²) < 4.78 is 0. The summed E-state index contributed by atoms with van der Waals surface area (Å²) in [6.45, 7) is 3.79. The quantitative estimate of drug-likeness (QED) is 0.620. The first-order valence-electron chi connectivity index (χ1n) is 3.49. The number of carboxylic acid groups (broad SMARTS) is 1. The number of rotatable bonds is 2. The van der Waals surface area contributed by atoms with Gasteiger partial charge in [0.15, 0.2) is 0 Å². The average Bonchev–Trinajstić information content (AvgIpc) is 2.04. The average molecular weight is 165 g/mol. The van der Waals surface area contributed by atoms with Crippen molar-refractivity contribution in [2.75, 3.05) is 13.1 Å². The van der Waals surface area contributed by atoms with E-state index < -0.39 is 6.09 Å². The molecule has 0 heterocycles. The van der Waals surface area contributed by atoms with E-state index >= 15 is 0 Å². The molecule has 12 heavy (non-hydrogen) atoms. The summed E-state index contributed by atoms with van der Waals surface area (Å²) in [4.78, 5) is 11.7. The van der Waals surface area contributed by atoms with E-state index in [1.54, 1.807) is 13.8 Å². The second-order valence-electron chi connectivity index (χ2n) is 1.99. The third-order valence-corrected chi connectivity index (χ3v) is 1.16. The first-order chi connectivity index (χ1) is 5.72. The Morgan fingerprint density at radius 1 is 1.25 bits per heavy atom. The molecule has 0 aromatic heterocycles. The predicted molar refractivity (Wildman–Crippen MR) is 46.5 cm³/mol. The highest BCUT2D eigenvalue weighted by Crippen LogP contribution is 1.86. The van der Waals surface area contributed by atoms with Crippen LogP contribution in [0.2, 0.25) is 0 Å². The first-order valence-corrected chi connectivity index (χ1v) is 3.49. The lowest BCUT2D eigenvalue weighted by Gasteiger charge is -2.11. The highest BCUT2D eigenvalue weighted by molar-refractivity contribution is 5.65. The fourth-order valence-electron chi connectivity index (χ4n) is 0.540. The van der Waals surface area contributed by atoms with Crippen molar-refractivity contribution >= 4 is 6.09 Å². The number of hydrogen-bond acceptors (Lipinski definition) is 1. The number of hydrogen-bond donors (Lipinski definition) is 1. The third-order valence-electron chi connectivity index (χ3n) is 1.16. The fourth-order valence-corrected chi connectivity index (χ4v) is 0.540. The number of amides is 1. The summed E-state index contributed by atoms with van der Waals surface area (Å²) in [5.41, 5.74) is 0. The van der Waals surface area contributed by atoms with Gasteiger partial charge in [0.2, 0.25) is 0 Å². The Morgan fingerprint density at radius 2 is 1.67 bits per heavy atom. The lowest BCUT2D eigenvalue weighted by molar-refractivity contribution is 0.156. The van der Waals surface area contributed by atoms with Gasteiger partial charge in [0.25, 0.3) is 0 Å². The van der Waals surface area contributed by atoms with Gasteiger partial charge in [-0.15, -0.1) is 11.8 Å². The maximum Gasteiger partial charge on any atom is 0.408 e. The molecule has 0 aliphatic rings. The van der Waals surface area contributed by atoms with E-state index in [0.29, 0.717) is 0 Å². The van der Waals surface area contributed by atoms with Crippen molar-refractivity contribution in [3.63, 3.8) is 0 Å². The van der Waals surface area contributed by atoms with E-state index in [4.69, 9.17) is 5.11 Å². The molecule has 0 aliphatic heterocycles. The Balaban J connectivity index is 4.07. The van der Waals surface area contributed by atoms with Crippen molar-refractivity contribution in [2.45, 2.75) is 13.8 Å². The Morgan fingerprint density at radius 3 is 1.92 bits per heavy atom. The van der Waals surface area contributed by atoms with Crippen LogP contribution in [0.5, 0.6) is 0 Å². The van der Waals surface area contributed by atoms with Crippen LogP contribution in [0.1, 0.15) is 13.8 Å². The predicted octanol–water partition coefficient (Wildman–Crippen LogP) is 1.01. The molecule has 0 rings (SSSR count). The van der Waals surface area contributed by atoms with Crippen molar-refractivity contribution in [3.8, 4) is 23.7 Å². The normalized spacial score (nSPS) is 7.17. The van der Waals surface area contributed by atoms with Crippen molar-refractivity contribution < 1.29 is 9.90 Å². The molecule has 0 atom stereocenters. The van der Waals surface area contributed by atoms with Crippen molar-refractivity contribution in [3.05, 3.63) is 0 Å². The van der Waals surface area contributed by atoms with Crippen LogP contribution < -0.4 is 0 Å². The van der Waals surface area contributed by atoms with E-state index in [9.17, 15) is 4.79 Å². The van der Waals surface area contributed by atoms with Crippen LogP contribution in [-0.2, 0) is 0 Å². The van der Waals surface area contributed by atoms with Gasteiger partial charge < -0.3 is 5.11 Å². The van der Waals surface area contributed by atoms with E-state index in [1.807, 2.05) is 0 Å². The molecule has 0 bridgehead atoms. The van der Waals surface area contributed by atoms with Gasteiger partial charge >= 0.3 is 6.09 Å². The van der Waals surface area contributed by atoms with Crippen LogP contribution in [0.25, 0.3) is 0 Å². The van der Waals surface area contributed by atoms with Crippen molar-refractivity contribution in [1.82, 2.24) is 4.90 Å². The van der Waals surface area contributed by atoms with Crippen LogP contribution in [0.3, 0.4) is 0 Å². The molecule has 0 unspecified atom stereocenters. The molecule has 0 aromatic rings. The summed E-state index contributed by atoms with van der Waals surface area (Å²) in [6, 6.07) is 0. The standard InChI is InChI=1S/C9H11NO2/c1-3-5-7-10(9(11)12)8-6-4-2/h7-8H2,1-2H3,(H,11,12). The van der Waals surface area contributed by atoms with Gasteiger partial charge in [-0.3, -0.25) is 4.90 Å². The Kier molecular flexibility index (Phi) is 5.30. The maximum atomic E-state index is 10.5. The molecule has 0 fully saturated rings. The van der Waals surface area contributed by atoms with E-state index in [1.165, 1.54) is 0 Å². The summed E-state index contributed by atoms with van der Waals surface area (Å²) in [7, 11) is 0. The molecule has 1 N–H and O–H groups in total. The van der Waals surface area contributed by atoms with Crippen LogP contribution in [0.15, 0.2) is 0 Å². The summed E-state index contributed by atoms with van der Waals surface area (Å²) >= 11 is 0. The zero-order valence-electron chi connectivity index (χ0n) is 7.22. The molecule has 1 amide bonds. The van der Waals surface area contributed by atoms with Crippen LogP contribution in [0, 0.1) is 23.7 Å². The largest absolute Gasteiger partial charge is 0.465 e. The maximum absolute atomic E-state index is 10.5. The van der Waals surface area contributed by atoms with E-state index in [0.717, 1.165) is 4.90 Å². The third kappa shape index (κ3) is 4.24. The highest BCUT2D eigenvalue weighted by atomic mass is 16.4. The van der Waals surface area contributed by atoms with Crippen molar-refractivity contribution in [2.24, 2.45) is 0 Å². The van der Waals surface area contributed by atoms with Crippen LogP contribution >= 0.6 is 0 Å². The molecule has 3 nitrogen and oxygen atoms in total. The van der Waals surface area contributed by atoms with Gasteiger partial charge in [0.1, 0.15) is 0 Å². The minimum absolute atomic E-state index is 0.223. The molecular weight excluding hydrogens is 154 g/mol. The first kappa shape index (κ1) is 10.4. The number of carbonyl (C=O) groups is 1. The lowest BCUT2D eigenvalue weighted by atomic mass is 10.5. The molecular formula is C9H11NO2. The number of nitrogens with zero attached hydrogens (tertiary/aromatic N) is 1. The second-order valence-corrected chi connectivity index (χ2v) is 1.99. The monoisotopic (exact) mass is 165 g/mol. The minimum atomic E-state index is -0.986. The van der Waals surface area contributed by atoms with Crippen LogP contribution in [0.4, 0.5) is 4.79 Å². The Labute approximate surface area is 72.4 Å². The van der Waals surface area contributed by atoms with Gasteiger partial charge in [-0.05, 0) is 13.8 Å². The molecule has 3 heteroatoms. The molecule has 0 saturated heterocycles. The highest BCUT2D eigenvalue weighted by Gasteiger charge is 2.06. The SMILES string of the molecule is CC#CCN(CC#CC)C(=O)O. The minimum Gasteiger partial charge on any atom is -0.465 e. The fraction of sp³-hybridized carbons (Fsp3) is 0.444. The van der Waals surface area contributed by atoms with Gasteiger partial charge in [-0.25, -0.2) is 4.79 Å². The molecule has 0 saturated carbocycles. The smallest absolute Gasteiger partial charge is 0.408 e. The van der Waals surface area contributed by atoms with Crippen molar-refractivity contribution in [1.29, 1.82) is 0 Å². The summed E-state index contributed by atoms with van der Waals surface area (Å²) in [5.74, 6) is 10.6. The topological polar surface area (TPSA) is 40.5 Å². The Bertz CT molecular complexity index is 240. The lowest BCUT2D eigenvalue weighted by Crippen LogP contribution is -2.30. The Hall–Kier alpha value is -1.61. The van der Waals surface area contributed by atoms with E-state index in [-0.39, 0.29) is 13.1 Å². The molecule has 64 valence electrons. The molecule has 0 spiro atoms. The van der Waals surface area contributed by atoms with Gasteiger partial charge in [-0.2, -0.15) is 0 Å². The van der Waals surface area contributed by atoms with Gasteiger partial charge in [-0.1, -0.05) is 11.8 Å². The van der Waals surface area contributed by atoms with Gasteiger partial charge in [0.05, 0.1) is 13.1 Å². The molecule has 0 aliphatic carbocycles. The van der Waals surface area contributed by atoms with E-state index in [2.05, 4.69) is 23.7 Å². The zero-order valence-corrected chi connectivity index (χ0v) is 7.22. The summed E-state index contributed by atoms with van der Waals surface area (Å²) in [5, 5.41) is 8.62. The second kappa shape index (κ2) is 6.12. The zero-order chi connectivity index (χ0) is 9.40. The summed E-state index contributed by atoms with van der Waals surface area (Å²) in [6.07, 6.45) is -0.986. The van der Waals surface area contributed by atoms with Crippen LogP contribution in [-0.4, -0.2) is 29.2 Å².